The summed E-state index contributed by atoms with van der Waals surface area (Å²) < 4.78 is 44.8. The molecule has 0 bridgehead atoms. The number of nitro benzene ring substituents is 1. The second-order valence-electron chi connectivity index (χ2n) is 6.59. The van der Waals surface area contributed by atoms with Crippen LogP contribution in [-0.2, 0) is 15.7 Å². The highest BCUT2D eigenvalue weighted by Crippen LogP contribution is 2.34. The van der Waals surface area contributed by atoms with Crippen molar-refractivity contribution in [2.24, 2.45) is 0 Å². The van der Waals surface area contributed by atoms with Crippen LogP contribution in [0.5, 0.6) is 0 Å². The number of nitro groups is 1. The third kappa shape index (κ3) is 4.72. The molecule has 29 heavy (non-hydrogen) atoms. The van der Waals surface area contributed by atoms with E-state index in [1.165, 1.54) is 43.3 Å². The van der Waals surface area contributed by atoms with Crippen LogP contribution in [0, 0.1) is 17.0 Å². The molecule has 1 aliphatic rings. The lowest BCUT2D eigenvalue weighted by Gasteiger charge is -2.32. The van der Waals surface area contributed by atoms with E-state index in [2.05, 4.69) is 10.6 Å². The molecule has 3 rings (SSSR count). The number of morpholine rings is 1. The Morgan fingerprint density at radius 1 is 1.24 bits per heavy atom. The van der Waals surface area contributed by atoms with Crippen molar-refractivity contribution in [1.82, 2.24) is 5.32 Å². The molecule has 2 aromatic rings. The zero-order chi connectivity index (χ0) is 21.2. The molecule has 1 aliphatic heterocycles. The number of ether oxygens (including phenoxy) is 1. The summed E-state index contributed by atoms with van der Waals surface area (Å²) in [6, 6.07) is 8.61. The highest BCUT2D eigenvalue weighted by Gasteiger charge is 2.35. The predicted octanol–water partition coefficient (Wildman–Crippen LogP) is 3.59. The fourth-order valence-corrected chi connectivity index (χ4v) is 3.15. The Balaban J connectivity index is 1.80. The number of amides is 1. The monoisotopic (exact) mass is 409 g/mol. The minimum atomic E-state index is -4.53. The van der Waals surface area contributed by atoms with Gasteiger partial charge in [-0.1, -0.05) is 18.2 Å². The fraction of sp³-hybridized carbons (Fsp3) is 0.316. The molecule has 10 heteroatoms. The van der Waals surface area contributed by atoms with Gasteiger partial charge in [-0.3, -0.25) is 14.9 Å². The van der Waals surface area contributed by atoms with Crippen LogP contribution in [0.4, 0.5) is 24.5 Å². The normalized spacial score (nSPS) is 19.6. The summed E-state index contributed by atoms with van der Waals surface area (Å²) in [5.74, 6) is -0.613. The molecule has 0 unspecified atom stereocenters. The van der Waals surface area contributed by atoms with E-state index in [1.54, 1.807) is 0 Å². The maximum atomic E-state index is 13.1. The smallest absolute Gasteiger partial charge is 0.365 e. The number of halogens is 3. The molecule has 154 valence electrons. The first-order valence-corrected chi connectivity index (χ1v) is 8.75. The van der Waals surface area contributed by atoms with E-state index in [4.69, 9.17) is 4.74 Å². The van der Waals surface area contributed by atoms with E-state index in [-0.39, 0.29) is 23.5 Å². The molecule has 2 N–H and O–H groups in total. The fourth-order valence-electron chi connectivity index (χ4n) is 3.15. The molecular weight excluding hydrogens is 391 g/mol. The quantitative estimate of drug-likeness (QED) is 0.595. The van der Waals surface area contributed by atoms with Crippen molar-refractivity contribution in [3.63, 3.8) is 0 Å². The summed E-state index contributed by atoms with van der Waals surface area (Å²) in [6.45, 7) is 2.03. The summed E-state index contributed by atoms with van der Waals surface area (Å²) in [6.07, 6.45) is -5.55. The number of non-ortho nitro benzene ring substituents is 1. The maximum Gasteiger partial charge on any atom is 0.416 e. The van der Waals surface area contributed by atoms with Gasteiger partial charge in [-0.2, -0.15) is 13.2 Å². The van der Waals surface area contributed by atoms with Crippen LogP contribution >= 0.6 is 0 Å². The summed E-state index contributed by atoms with van der Waals surface area (Å²) in [7, 11) is 0. The predicted molar refractivity (Wildman–Crippen MR) is 98.4 cm³/mol. The number of benzene rings is 2. The molecule has 1 heterocycles. The number of aryl methyl sites for hydroxylation is 1. The molecule has 0 saturated carbocycles. The Bertz CT molecular complexity index is 916. The average molecular weight is 409 g/mol. The van der Waals surface area contributed by atoms with E-state index in [0.717, 1.165) is 6.07 Å². The number of rotatable bonds is 4. The Hall–Kier alpha value is -2.98. The van der Waals surface area contributed by atoms with Crippen molar-refractivity contribution in [3.8, 4) is 0 Å². The first-order chi connectivity index (χ1) is 13.7. The molecule has 1 saturated heterocycles. The van der Waals surface area contributed by atoms with Crippen LogP contribution in [0.25, 0.3) is 0 Å². The summed E-state index contributed by atoms with van der Waals surface area (Å²) in [5, 5.41) is 16.4. The van der Waals surface area contributed by atoms with Gasteiger partial charge in [0.15, 0.2) is 6.10 Å². The number of hydrogen-bond acceptors (Lipinski definition) is 5. The number of carbonyl (C=O) groups excluding carboxylic acids is 1. The van der Waals surface area contributed by atoms with Gasteiger partial charge in [-0.15, -0.1) is 0 Å². The molecule has 0 radical (unpaired) electrons. The van der Waals surface area contributed by atoms with Gasteiger partial charge in [0.05, 0.1) is 23.1 Å². The Morgan fingerprint density at radius 3 is 2.55 bits per heavy atom. The van der Waals surface area contributed by atoms with Gasteiger partial charge >= 0.3 is 6.18 Å². The highest BCUT2D eigenvalue weighted by molar-refractivity contribution is 5.95. The van der Waals surface area contributed by atoms with Gasteiger partial charge in [0.1, 0.15) is 0 Å². The molecule has 1 amide bonds. The molecule has 0 aliphatic carbocycles. The largest absolute Gasteiger partial charge is 0.416 e. The lowest BCUT2D eigenvalue weighted by atomic mass is 9.98. The first-order valence-electron chi connectivity index (χ1n) is 8.75. The first kappa shape index (κ1) is 20.7. The second-order valence-corrected chi connectivity index (χ2v) is 6.59. The standard InChI is InChI=1S/C19H18F3N3O4/c1-11-2-5-13(10-15(11)19(20,21)22)24-18(26)17-16(23-8-9-29-17)12-3-6-14(7-4-12)25(27)28/h2-7,10,16-17,23H,8-9H2,1H3,(H,24,26)/t16-,17-/m0/s1. The third-order valence-corrected chi connectivity index (χ3v) is 4.60. The van der Waals surface area contributed by atoms with Gasteiger partial charge < -0.3 is 15.4 Å². The van der Waals surface area contributed by atoms with Gasteiger partial charge in [-0.25, -0.2) is 0 Å². The van der Waals surface area contributed by atoms with Gasteiger partial charge in [0, 0.05) is 24.4 Å². The number of nitrogens with one attached hydrogen (secondary N) is 2. The van der Waals surface area contributed by atoms with Crippen molar-refractivity contribution in [2.45, 2.75) is 25.2 Å². The van der Waals surface area contributed by atoms with Crippen LogP contribution in [0.1, 0.15) is 22.7 Å². The molecule has 2 aromatic carbocycles. The van der Waals surface area contributed by atoms with Gasteiger partial charge in [0.2, 0.25) is 0 Å². The Kier molecular flexibility index (Phi) is 5.85. The topological polar surface area (TPSA) is 93.5 Å². The van der Waals surface area contributed by atoms with Crippen LogP contribution in [0.15, 0.2) is 42.5 Å². The second kappa shape index (κ2) is 8.18. The van der Waals surface area contributed by atoms with E-state index in [1.807, 2.05) is 0 Å². The van der Waals surface area contributed by atoms with Crippen molar-refractivity contribution < 1.29 is 27.6 Å². The number of alkyl halides is 3. The molecule has 2 atom stereocenters. The number of carbonyl (C=O) groups is 1. The average Bonchev–Trinajstić information content (AvgIpc) is 2.68. The molecule has 0 aromatic heterocycles. The van der Waals surface area contributed by atoms with Crippen LogP contribution in [0.3, 0.4) is 0 Å². The van der Waals surface area contributed by atoms with Gasteiger partial charge in [0.25, 0.3) is 11.6 Å². The Morgan fingerprint density at radius 2 is 1.93 bits per heavy atom. The van der Waals surface area contributed by atoms with Crippen molar-refractivity contribution in [1.29, 1.82) is 0 Å². The van der Waals surface area contributed by atoms with E-state index in [0.29, 0.717) is 12.1 Å². The minimum absolute atomic E-state index is 0.00421. The number of anilines is 1. The molecule has 1 fully saturated rings. The van der Waals surface area contributed by atoms with Crippen molar-refractivity contribution in [3.05, 3.63) is 69.3 Å². The highest BCUT2D eigenvalue weighted by atomic mass is 19.4. The lowest BCUT2D eigenvalue weighted by Crippen LogP contribution is -2.48. The molecular formula is C19H18F3N3O4. The lowest BCUT2D eigenvalue weighted by molar-refractivity contribution is -0.384. The Labute approximate surface area is 164 Å². The van der Waals surface area contributed by atoms with Crippen LogP contribution < -0.4 is 10.6 Å². The summed E-state index contributed by atoms with van der Waals surface area (Å²) >= 11 is 0. The number of nitrogens with zero attached hydrogens (tertiary/aromatic N) is 1. The van der Waals surface area contributed by atoms with Crippen LogP contribution in [0.2, 0.25) is 0 Å². The summed E-state index contributed by atoms with van der Waals surface area (Å²) in [5.41, 5.74) is -0.273. The van der Waals surface area contributed by atoms with Crippen molar-refractivity contribution >= 4 is 17.3 Å². The summed E-state index contributed by atoms with van der Waals surface area (Å²) in [4.78, 5) is 23.0. The van der Waals surface area contributed by atoms with E-state index in [9.17, 15) is 28.1 Å². The molecule has 7 nitrogen and oxygen atoms in total. The molecule has 0 spiro atoms. The minimum Gasteiger partial charge on any atom is -0.365 e. The van der Waals surface area contributed by atoms with Crippen molar-refractivity contribution in [2.75, 3.05) is 18.5 Å². The van der Waals surface area contributed by atoms with Gasteiger partial charge in [-0.05, 0) is 30.2 Å². The SMILES string of the molecule is Cc1ccc(NC(=O)[C@H]2OCCN[C@H]2c2ccc([N+](=O)[O-])cc2)cc1C(F)(F)F. The zero-order valence-electron chi connectivity index (χ0n) is 15.3. The number of hydrogen-bond donors (Lipinski definition) is 2. The maximum absolute atomic E-state index is 13.1. The van der Waals surface area contributed by atoms with E-state index >= 15 is 0 Å². The van der Waals surface area contributed by atoms with E-state index < -0.39 is 34.7 Å². The third-order valence-electron chi connectivity index (χ3n) is 4.60. The van der Waals surface area contributed by atoms with Crippen LogP contribution in [-0.4, -0.2) is 30.1 Å². The zero-order valence-corrected chi connectivity index (χ0v) is 15.3.